The second kappa shape index (κ2) is 9.97. The van der Waals surface area contributed by atoms with Crippen LogP contribution in [0.1, 0.15) is 10.4 Å². The van der Waals surface area contributed by atoms with Crippen molar-refractivity contribution in [2.45, 2.75) is 4.90 Å². The number of carbonyl (C=O) groups excluding carboxylic acids is 2. The molecule has 3 rings (SSSR count). The van der Waals surface area contributed by atoms with Crippen LogP contribution in [-0.4, -0.2) is 33.9 Å². The number of nitrogens with zero attached hydrogens (tertiary/aromatic N) is 1. The van der Waals surface area contributed by atoms with Crippen LogP contribution in [-0.2, 0) is 19.6 Å². The SMILES string of the molecule is CN(c1cccc(Cl)c1)S(=O)(=O)c1cccc(C(=O)OCC(=O)Nc2cc(F)ccc2F)c1. The fraction of sp³-hybridized carbons (Fsp3) is 0.0909. The third-order valence-corrected chi connectivity index (χ3v) is 6.45. The number of nitrogens with one attached hydrogen (secondary N) is 1. The lowest BCUT2D eigenvalue weighted by Crippen LogP contribution is -2.27. The van der Waals surface area contributed by atoms with E-state index in [-0.39, 0.29) is 10.5 Å². The van der Waals surface area contributed by atoms with Crippen LogP contribution in [0.25, 0.3) is 0 Å². The Kier molecular flexibility index (Phi) is 7.29. The molecular formula is C22H17ClF2N2O5S. The molecule has 0 saturated heterocycles. The lowest BCUT2D eigenvalue weighted by molar-refractivity contribution is -0.119. The average Bonchev–Trinajstić information content (AvgIpc) is 2.79. The monoisotopic (exact) mass is 494 g/mol. The van der Waals surface area contributed by atoms with Crippen molar-refractivity contribution < 1.29 is 31.5 Å². The third kappa shape index (κ3) is 5.85. The van der Waals surface area contributed by atoms with Crippen molar-refractivity contribution in [1.82, 2.24) is 0 Å². The van der Waals surface area contributed by atoms with Crippen molar-refractivity contribution >= 4 is 44.9 Å². The molecule has 0 fully saturated rings. The molecule has 11 heteroatoms. The molecular weight excluding hydrogens is 478 g/mol. The van der Waals surface area contributed by atoms with E-state index >= 15 is 0 Å². The molecule has 0 aliphatic rings. The Morgan fingerprint density at radius 2 is 1.76 bits per heavy atom. The number of carbonyl (C=O) groups is 2. The van der Waals surface area contributed by atoms with E-state index in [4.69, 9.17) is 16.3 Å². The summed E-state index contributed by atoms with van der Waals surface area (Å²) in [6.07, 6.45) is 0. The Labute approximate surface area is 193 Å². The van der Waals surface area contributed by atoms with Gasteiger partial charge in [-0.05, 0) is 48.5 Å². The zero-order chi connectivity index (χ0) is 24.2. The fourth-order valence-electron chi connectivity index (χ4n) is 2.75. The van der Waals surface area contributed by atoms with Crippen LogP contribution in [0.15, 0.2) is 71.6 Å². The van der Waals surface area contributed by atoms with Gasteiger partial charge in [0, 0.05) is 18.1 Å². The van der Waals surface area contributed by atoms with Crippen molar-refractivity contribution in [3.63, 3.8) is 0 Å². The Bertz CT molecular complexity index is 1320. The molecule has 0 aliphatic heterocycles. The van der Waals surface area contributed by atoms with Gasteiger partial charge < -0.3 is 10.1 Å². The van der Waals surface area contributed by atoms with Crippen LogP contribution >= 0.6 is 11.6 Å². The molecule has 0 unspecified atom stereocenters. The minimum atomic E-state index is -4.04. The van der Waals surface area contributed by atoms with Crippen LogP contribution in [0.4, 0.5) is 20.2 Å². The molecule has 0 atom stereocenters. The summed E-state index contributed by atoms with van der Waals surface area (Å²) >= 11 is 5.92. The van der Waals surface area contributed by atoms with E-state index in [1.807, 2.05) is 0 Å². The molecule has 172 valence electrons. The van der Waals surface area contributed by atoms with Crippen molar-refractivity contribution in [2.75, 3.05) is 23.3 Å². The highest BCUT2D eigenvalue weighted by Gasteiger charge is 2.23. The largest absolute Gasteiger partial charge is 0.452 e. The summed E-state index contributed by atoms with van der Waals surface area (Å²) in [6.45, 7) is -0.797. The van der Waals surface area contributed by atoms with Gasteiger partial charge in [0.05, 0.1) is 21.8 Å². The Hall–Kier alpha value is -3.50. The van der Waals surface area contributed by atoms with Gasteiger partial charge in [-0.15, -0.1) is 0 Å². The number of hydrogen-bond acceptors (Lipinski definition) is 5. The maximum Gasteiger partial charge on any atom is 0.338 e. The van der Waals surface area contributed by atoms with Crippen molar-refractivity contribution in [2.24, 2.45) is 0 Å². The zero-order valence-corrected chi connectivity index (χ0v) is 18.7. The van der Waals surface area contributed by atoms with Crippen molar-refractivity contribution in [1.29, 1.82) is 0 Å². The summed E-state index contributed by atoms with van der Waals surface area (Å²) in [5.41, 5.74) is -0.217. The molecule has 1 amide bonds. The van der Waals surface area contributed by atoms with Gasteiger partial charge >= 0.3 is 5.97 Å². The average molecular weight is 495 g/mol. The highest BCUT2D eigenvalue weighted by molar-refractivity contribution is 7.92. The van der Waals surface area contributed by atoms with E-state index in [1.54, 1.807) is 18.2 Å². The third-order valence-electron chi connectivity index (χ3n) is 4.44. The summed E-state index contributed by atoms with van der Waals surface area (Å²) < 4.78 is 58.6. The van der Waals surface area contributed by atoms with Gasteiger partial charge in [0.2, 0.25) is 0 Å². The standard InChI is InChI=1S/C22H17ClF2N2O5S/c1-27(17-6-3-5-15(23)11-17)33(30,31)18-7-2-4-14(10-18)22(29)32-13-21(28)26-20-12-16(24)8-9-19(20)25/h2-12H,13H2,1H3,(H,26,28). The number of halogens is 3. The van der Waals surface area contributed by atoms with Gasteiger partial charge in [-0.2, -0.15) is 0 Å². The first-order chi connectivity index (χ1) is 15.6. The van der Waals surface area contributed by atoms with E-state index in [1.165, 1.54) is 31.3 Å². The molecule has 0 bridgehead atoms. The maximum absolute atomic E-state index is 13.6. The first-order valence-electron chi connectivity index (χ1n) is 9.34. The van der Waals surface area contributed by atoms with Gasteiger partial charge in [0.15, 0.2) is 6.61 Å². The Morgan fingerprint density at radius 3 is 2.48 bits per heavy atom. The number of sulfonamides is 1. The minimum Gasteiger partial charge on any atom is -0.452 e. The van der Waals surface area contributed by atoms with Gasteiger partial charge in [-0.25, -0.2) is 22.0 Å². The van der Waals surface area contributed by atoms with Crippen LogP contribution in [0.5, 0.6) is 0 Å². The Balaban J connectivity index is 1.70. The number of ether oxygens (including phenoxy) is 1. The number of amides is 1. The van der Waals surface area contributed by atoms with Gasteiger partial charge in [-0.3, -0.25) is 9.10 Å². The summed E-state index contributed by atoms with van der Waals surface area (Å²) in [4.78, 5) is 24.1. The predicted octanol–water partition coefficient (Wildman–Crippen LogP) is 4.24. The van der Waals surface area contributed by atoms with E-state index in [0.29, 0.717) is 10.7 Å². The zero-order valence-electron chi connectivity index (χ0n) is 17.1. The molecule has 0 spiro atoms. The lowest BCUT2D eigenvalue weighted by Gasteiger charge is -2.20. The van der Waals surface area contributed by atoms with E-state index < -0.39 is 45.8 Å². The quantitative estimate of drug-likeness (QED) is 0.496. The molecule has 0 saturated carbocycles. The summed E-state index contributed by atoms with van der Waals surface area (Å²) in [6, 6.07) is 13.8. The number of rotatable bonds is 7. The van der Waals surface area contributed by atoms with Crippen molar-refractivity contribution in [3.05, 3.63) is 89.0 Å². The van der Waals surface area contributed by atoms with Crippen LogP contribution in [0, 0.1) is 11.6 Å². The molecule has 0 aromatic heterocycles. The maximum atomic E-state index is 13.6. The molecule has 7 nitrogen and oxygen atoms in total. The second-order valence-electron chi connectivity index (χ2n) is 6.73. The van der Waals surface area contributed by atoms with Gasteiger partial charge in [0.25, 0.3) is 15.9 Å². The van der Waals surface area contributed by atoms with Crippen molar-refractivity contribution in [3.8, 4) is 0 Å². The summed E-state index contributed by atoms with van der Waals surface area (Å²) in [5, 5.41) is 2.44. The normalized spacial score (nSPS) is 11.0. The smallest absolute Gasteiger partial charge is 0.338 e. The summed E-state index contributed by atoms with van der Waals surface area (Å²) in [5.74, 6) is -3.51. The first-order valence-corrected chi connectivity index (χ1v) is 11.2. The van der Waals surface area contributed by atoms with Gasteiger partial charge in [-0.1, -0.05) is 23.7 Å². The molecule has 3 aromatic rings. The topological polar surface area (TPSA) is 92.8 Å². The number of anilines is 2. The number of benzene rings is 3. The second-order valence-corrected chi connectivity index (χ2v) is 9.13. The van der Waals surface area contributed by atoms with E-state index in [0.717, 1.165) is 28.6 Å². The molecule has 0 radical (unpaired) electrons. The minimum absolute atomic E-state index is 0.125. The fourth-order valence-corrected chi connectivity index (χ4v) is 4.16. The summed E-state index contributed by atoms with van der Waals surface area (Å²) in [7, 11) is -2.70. The number of esters is 1. The first kappa shape index (κ1) is 24.1. The highest BCUT2D eigenvalue weighted by atomic mass is 35.5. The van der Waals surface area contributed by atoms with E-state index in [9.17, 15) is 26.8 Å². The molecule has 1 N–H and O–H groups in total. The number of hydrogen-bond donors (Lipinski definition) is 1. The lowest BCUT2D eigenvalue weighted by atomic mass is 10.2. The van der Waals surface area contributed by atoms with Crippen LogP contribution in [0.2, 0.25) is 5.02 Å². The van der Waals surface area contributed by atoms with Gasteiger partial charge in [0.1, 0.15) is 11.6 Å². The molecule has 0 heterocycles. The van der Waals surface area contributed by atoms with Crippen LogP contribution in [0.3, 0.4) is 0 Å². The highest BCUT2D eigenvalue weighted by Crippen LogP contribution is 2.25. The van der Waals surface area contributed by atoms with E-state index in [2.05, 4.69) is 5.32 Å². The molecule has 0 aliphatic carbocycles. The molecule has 3 aromatic carbocycles. The van der Waals surface area contributed by atoms with Crippen LogP contribution < -0.4 is 9.62 Å². The Morgan fingerprint density at radius 1 is 1.03 bits per heavy atom. The molecule has 33 heavy (non-hydrogen) atoms. The predicted molar refractivity (Wildman–Crippen MR) is 119 cm³/mol.